The summed E-state index contributed by atoms with van der Waals surface area (Å²) >= 11 is 0. The molecule has 0 aliphatic rings. The topological polar surface area (TPSA) is 46.9 Å². The predicted octanol–water partition coefficient (Wildman–Crippen LogP) is 2.13. The molecule has 1 heterocycles. The van der Waals surface area contributed by atoms with Crippen molar-refractivity contribution in [2.45, 2.75) is 33.4 Å². The van der Waals surface area contributed by atoms with Gasteiger partial charge in [-0.3, -0.25) is 4.90 Å². The lowest BCUT2D eigenvalue weighted by atomic mass is 10.2. The van der Waals surface area contributed by atoms with Gasteiger partial charge in [0.05, 0.1) is 26.0 Å². The number of hydrogen-bond donors (Lipinski definition) is 1. The summed E-state index contributed by atoms with van der Waals surface area (Å²) < 4.78 is 16.3. The van der Waals surface area contributed by atoms with Crippen LogP contribution in [-0.4, -0.2) is 57.0 Å². The Morgan fingerprint density at radius 3 is 2.38 bits per heavy atom. The van der Waals surface area contributed by atoms with Crippen LogP contribution in [0.1, 0.15) is 26.5 Å². The van der Waals surface area contributed by atoms with E-state index in [-0.39, 0.29) is 0 Å². The first-order valence-electron chi connectivity index (χ1n) is 7.90. The highest BCUT2D eigenvalue weighted by atomic mass is 16.5. The van der Waals surface area contributed by atoms with Crippen molar-refractivity contribution in [1.82, 2.24) is 10.2 Å². The third-order valence-electron chi connectivity index (χ3n) is 3.40. The van der Waals surface area contributed by atoms with Crippen LogP contribution in [-0.2, 0) is 16.0 Å². The average Bonchev–Trinajstić information content (AvgIpc) is 2.99. The van der Waals surface area contributed by atoms with Crippen LogP contribution in [0.3, 0.4) is 0 Å². The van der Waals surface area contributed by atoms with E-state index in [0.29, 0.717) is 6.04 Å². The first kappa shape index (κ1) is 18.2. The normalized spacial score (nSPS) is 13.0. The molecule has 0 aromatic carbocycles. The smallest absolute Gasteiger partial charge is 0.117 e. The first-order chi connectivity index (χ1) is 10.3. The summed E-state index contributed by atoms with van der Waals surface area (Å²) in [4.78, 5) is 2.40. The third kappa shape index (κ3) is 8.21. The van der Waals surface area contributed by atoms with E-state index in [4.69, 9.17) is 13.9 Å². The van der Waals surface area contributed by atoms with Crippen molar-refractivity contribution >= 4 is 0 Å². The minimum atomic E-state index is 0.431. The van der Waals surface area contributed by atoms with Crippen molar-refractivity contribution in [3.8, 4) is 0 Å². The Hall–Kier alpha value is -0.880. The molecule has 1 atom stereocenters. The average molecular weight is 298 g/mol. The minimum absolute atomic E-state index is 0.431. The quantitative estimate of drug-likeness (QED) is 0.565. The molecule has 0 bridgehead atoms. The van der Waals surface area contributed by atoms with E-state index in [1.807, 2.05) is 26.0 Å². The zero-order valence-corrected chi connectivity index (χ0v) is 13.6. The Bertz CT molecular complexity index is 320. The van der Waals surface area contributed by atoms with Gasteiger partial charge in [-0.15, -0.1) is 0 Å². The lowest BCUT2D eigenvalue weighted by Crippen LogP contribution is -2.43. The Kier molecular flexibility index (Phi) is 10.2. The zero-order chi connectivity index (χ0) is 15.3. The summed E-state index contributed by atoms with van der Waals surface area (Å²) in [6.45, 7) is 12.9. The highest BCUT2D eigenvalue weighted by Crippen LogP contribution is 2.01. The number of nitrogens with zero attached hydrogens (tertiary/aromatic N) is 1. The molecule has 5 nitrogen and oxygen atoms in total. The second-order valence-corrected chi connectivity index (χ2v) is 4.99. The monoisotopic (exact) mass is 298 g/mol. The summed E-state index contributed by atoms with van der Waals surface area (Å²) in [7, 11) is 0. The molecule has 0 aliphatic carbocycles. The number of nitrogens with one attached hydrogen (secondary N) is 1. The van der Waals surface area contributed by atoms with Gasteiger partial charge < -0.3 is 19.2 Å². The molecule has 0 saturated carbocycles. The summed E-state index contributed by atoms with van der Waals surface area (Å²) in [5.41, 5.74) is 0. The Morgan fingerprint density at radius 2 is 1.86 bits per heavy atom. The van der Waals surface area contributed by atoms with Crippen LogP contribution in [0.2, 0.25) is 0 Å². The van der Waals surface area contributed by atoms with Crippen LogP contribution < -0.4 is 5.32 Å². The number of furan rings is 1. The Morgan fingerprint density at radius 1 is 1.19 bits per heavy atom. The fraction of sp³-hybridized carbons (Fsp3) is 0.750. The van der Waals surface area contributed by atoms with Gasteiger partial charge in [-0.2, -0.15) is 0 Å². The van der Waals surface area contributed by atoms with Gasteiger partial charge in [0.2, 0.25) is 0 Å². The van der Waals surface area contributed by atoms with E-state index >= 15 is 0 Å². The number of hydrogen-bond acceptors (Lipinski definition) is 5. The SMILES string of the molecule is CCOCCN(CCOCC)C(C)CNCc1ccco1. The molecule has 0 radical (unpaired) electrons. The van der Waals surface area contributed by atoms with Gasteiger partial charge in [0, 0.05) is 38.9 Å². The van der Waals surface area contributed by atoms with Crippen LogP contribution >= 0.6 is 0 Å². The van der Waals surface area contributed by atoms with Gasteiger partial charge in [0.15, 0.2) is 0 Å². The number of rotatable bonds is 13. The van der Waals surface area contributed by atoms with Crippen molar-refractivity contribution in [3.05, 3.63) is 24.2 Å². The van der Waals surface area contributed by atoms with Crippen molar-refractivity contribution in [2.24, 2.45) is 0 Å². The molecule has 0 spiro atoms. The molecule has 1 aromatic rings. The van der Waals surface area contributed by atoms with Gasteiger partial charge in [-0.05, 0) is 32.9 Å². The fourth-order valence-electron chi connectivity index (χ4n) is 2.15. The van der Waals surface area contributed by atoms with E-state index in [9.17, 15) is 0 Å². The van der Waals surface area contributed by atoms with Crippen LogP contribution in [0.25, 0.3) is 0 Å². The largest absolute Gasteiger partial charge is 0.468 e. The summed E-state index contributed by atoms with van der Waals surface area (Å²) in [5.74, 6) is 0.970. The standard InChI is InChI=1S/C16H30N2O3/c1-4-19-11-8-18(9-12-20-5-2)15(3)13-17-14-16-7-6-10-21-16/h6-7,10,15,17H,4-5,8-9,11-14H2,1-3H3. The maximum Gasteiger partial charge on any atom is 0.117 e. The molecule has 1 aromatic heterocycles. The molecule has 122 valence electrons. The molecular weight excluding hydrogens is 268 g/mol. The first-order valence-corrected chi connectivity index (χ1v) is 7.90. The van der Waals surface area contributed by atoms with Crippen LogP contribution in [0.5, 0.6) is 0 Å². The molecule has 0 aliphatic heterocycles. The van der Waals surface area contributed by atoms with Crippen LogP contribution in [0.15, 0.2) is 22.8 Å². The number of ether oxygens (including phenoxy) is 2. The molecule has 0 amide bonds. The van der Waals surface area contributed by atoms with Crippen molar-refractivity contribution in [2.75, 3.05) is 46.1 Å². The fourth-order valence-corrected chi connectivity index (χ4v) is 2.15. The van der Waals surface area contributed by atoms with Gasteiger partial charge in [-0.1, -0.05) is 0 Å². The van der Waals surface area contributed by atoms with E-state index in [1.165, 1.54) is 0 Å². The van der Waals surface area contributed by atoms with E-state index < -0.39 is 0 Å². The molecule has 1 rings (SSSR count). The lowest BCUT2D eigenvalue weighted by Gasteiger charge is -2.29. The van der Waals surface area contributed by atoms with Crippen molar-refractivity contribution < 1.29 is 13.9 Å². The summed E-state index contributed by atoms with van der Waals surface area (Å²) in [6.07, 6.45) is 1.71. The highest BCUT2D eigenvalue weighted by molar-refractivity contribution is 4.97. The van der Waals surface area contributed by atoms with Crippen molar-refractivity contribution in [1.29, 1.82) is 0 Å². The molecule has 1 N–H and O–H groups in total. The van der Waals surface area contributed by atoms with Gasteiger partial charge >= 0.3 is 0 Å². The maximum atomic E-state index is 5.47. The van der Waals surface area contributed by atoms with Crippen LogP contribution in [0.4, 0.5) is 0 Å². The molecule has 5 heteroatoms. The highest BCUT2D eigenvalue weighted by Gasteiger charge is 2.13. The van der Waals surface area contributed by atoms with E-state index in [1.54, 1.807) is 6.26 Å². The van der Waals surface area contributed by atoms with Gasteiger partial charge in [0.1, 0.15) is 5.76 Å². The summed E-state index contributed by atoms with van der Waals surface area (Å²) in [5, 5.41) is 3.43. The summed E-state index contributed by atoms with van der Waals surface area (Å²) in [6, 6.07) is 4.33. The molecule has 21 heavy (non-hydrogen) atoms. The Balaban J connectivity index is 2.28. The lowest BCUT2D eigenvalue weighted by molar-refractivity contribution is 0.0660. The van der Waals surface area contributed by atoms with Crippen LogP contribution in [0, 0.1) is 0 Å². The molecule has 1 unspecified atom stereocenters. The van der Waals surface area contributed by atoms with E-state index in [2.05, 4.69) is 17.1 Å². The molecule has 0 fully saturated rings. The van der Waals surface area contributed by atoms with Crippen molar-refractivity contribution in [3.63, 3.8) is 0 Å². The molecular formula is C16H30N2O3. The maximum absolute atomic E-state index is 5.47. The van der Waals surface area contributed by atoms with E-state index in [0.717, 1.165) is 58.4 Å². The molecule has 0 saturated heterocycles. The van der Waals surface area contributed by atoms with Gasteiger partial charge in [-0.25, -0.2) is 0 Å². The predicted molar refractivity (Wildman–Crippen MR) is 84.4 cm³/mol. The van der Waals surface area contributed by atoms with Gasteiger partial charge in [0.25, 0.3) is 0 Å². The minimum Gasteiger partial charge on any atom is -0.468 e. The second-order valence-electron chi connectivity index (χ2n) is 4.99. The Labute approximate surface area is 128 Å². The third-order valence-corrected chi connectivity index (χ3v) is 3.40. The zero-order valence-electron chi connectivity index (χ0n) is 13.6. The second kappa shape index (κ2) is 11.7.